The summed E-state index contributed by atoms with van der Waals surface area (Å²) in [5.41, 5.74) is 2.38. The maximum Gasteiger partial charge on any atom is 0.191 e. The third-order valence-corrected chi connectivity index (χ3v) is 4.74. The van der Waals surface area contributed by atoms with Gasteiger partial charge in [-0.15, -0.1) is 0 Å². The Bertz CT molecular complexity index is 743. The van der Waals surface area contributed by atoms with Crippen molar-refractivity contribution in [1.29, 1.82) is 0 Å². The number of hydrogen-bond donors (Lipinski definition) is 3. The Morgan fingerprint density at radius 1 is 1.04 bits per heavy atom. The lowest BCUT2D eigenvalue weighted by Gasteiger charge is -2.25. The predicted octanol–water partition coefficient (Wildman–Crippen LogP) is 3.10. The van der Waals surface area contributed by atoms with Crippen molar-refractivity contribution >= 4 is 5.96 Å². The number of benzene rings is 2. The van der Waals surface area contributed by atoms with Gasteiger partial charge in [-0.05, 0) is 44.1 Å². The van der Waals surface area contributed by atoms with Crippen LogP contribution in [0.15, 0.2) is 59.6 Å². The largest absolute Gasteiger partial charge is 0.384 e. The van der Waals surface area contributed by atoms with Crippen LogP contribution >= 0.6 is 0 Å². The second kappa shape index (κ2) is 10.8. The molecule has 0 bridgehead atoms. The molecule has 0 aliphatic heterocycles. The van der Waals surface area contributed by atoms with Crippen molar-refractivity contribution in [3.63, 3.8) is 0 Å². The smallest absolute Gasteiger partial charge is 0.191 e. The average Bonchev–Trinajstić information content (AvgIpc) is 2.71. The van der Waals surface area contributed by atoms with Crippen molar-refractivity contribution in [3.8, 4) is 0 Å². The van der Waals surface area contributed by atoms with Crippen LogP contribution < -0.4 is 10.6 Å². The second-order valence-corrected chi connectivity index (χ2v) is 7.34. The topological polar surface area (TPSA) is 59.9 Å². The fraction of sp³-hybridized carbons (Fsp3) is 0.435. The van der Waals surface area contributed by atoms with E-state index >= 15 is 0 Å². The van der Waals surface area contributed by atoms with E-state index in [0.29, 0.717) is 19.0 Å². The Hall–Kier alpha value is -2.37. The van der Waals surface area contributed by atoms with Crippen LogP contribution in [0, 0.1) is 0 Å². The molecule has 1 atom stereocenters. The first-order valence-corrected chi connectivity index (χ1v) is 10.0. The van der Waals surface area contributed by atoms with Gasteiger partial charge in [0, 0.05) is 13.1 Å². The zero-order valence-corrected chi connectivity index (χ0v) is 17.6. The van der Waals surface area contributed by atoms with Gasteiger partial charge in [0.05, 0.1) is 13.1 Å². The number of rotatable bonds is 9. The molecule has 28 heavy (non-hydrogen) atoms. The minimum Gasteiger partial charge on any atom is -0.384 e. The number of nitrogens with zero attached hydrogens (tertiary/aromatic N) is 2. The van der Waals surface area contributed by atoms with E-state index in [2.05, 4.69) is 53.8 Å². The molecule has 2 aromatic rings. The Balaban J connectivity index is 2.01. The quantitative estimate of drug-likeness (QED) is 0.461. The number of aliphatic imine (C=N–C) groups is 1. The molecule has 5 nitrogen and oxygen atoms in total. The molecule has 2 aromatic carbocycles. The average molecular weight is 383 g/mol. The second-order valence-electron chi connectivity index (χ2n) is 7.34. The first-order valence-electron chi connectivity index (χ1n) is 10.0. The van der Waals surface area contributed by atoms with E-state index in [0.717, 1.165) is 25.2 Å². The van der Waals surface area contributed by atoms with Gasteiger partial charge in [-0.1, -0.05) is 61.5 Å². The maximum absolute atomic E-state index is 10.8. The van der Waals surface area contributed by atoms with Gasteiger partial charge in [0.2, 0.25) is 0 Å². The minimum atomic E-state index is -0.970. The van der Waals surface area contributed by atoms with Crippen molar-refractivity contribution < 1.29 is 5.11 Å². The third kappa shape index (κ3) is 6.98. The van der Waals surface area contributed by atoms with Crippen molar-refractivity contribution in [2.75, 3.05) is 26.7 Å². The Kier molecular flexibility index (Phi) is 8.48. The molecule has 0 saturated carbocycles. The molecule has 0 aliphatic carbocycles. The van der Waals surface area contributed by atoms with E-state index < -0.39 is 5.60 Å². The molecule has 0 spiro atoms. The summed E-state index contributed by atoms with van der Waals surface area (Å²) < 4.78 is 0. The molecule has 0 amide bonds. The predicted molar refractivity (Wildman–Crippen MR) is 117 cm³/mol. The van der Waals surface area contributed by atoms with Crippen LogP contribution in [0.2, 0.25) is 0 Å². The highest BCUT2D eigenvalue weighted by Crippen LogP contribution is 2.18. The highest BCUT2D eigenvalue weighted by atomic mass is 16.3. The molecule has 152 valence electrons. The summed E-state index contributed by atoms with van der Waals surface area (Å²) in [5.74, 6) is 0.704. The van der Waals surface area contributed by atoms with Crippen molar-refractivity contribution in [2.45, 2.75) is 39.5 Å². The summed E-state index contributed by atoms with van der Waals surface area (Å²) in [6.45, 7) is 9.70. The van der Waals surface area contributed by atoms with Gasteiger partial charge in [-0.2, -0.15) is 0 Å². The lowest BCUT2D eigenvalue weighted by molar-refractivity contribution is 0.0617. The van der Waals surface area contributed by atoms with Gasteiger partial charge < -0.3 is 20.6 Å². The maximum atomic E-state index is 10.8. The Morgan fingerprint density at radius 3 is 2.43 bits per heavy atom. The fourth-order valence-electron chi connectivity index (χ4n) is 2.92. The Labute approximate surface area is 169 Å². The molecular weight excluding hydrogens is 348 g/mol. The van der Waals surface area contributed by atoms with Crippen molar-refractivity contribution in [1.82, 2.24) is 15.5 Å². The van der Waals surface area contributed by atoms with Crippen LogP contribution in [0.1, 0.15) is 37.5 Å². The Morgan fingerprint density at radius 2 is 1.75 bits per heavy atom. The zero-order chi connectivity index (χ0) is 20.4. The molecule has 5 heteroatoms. The van der Waals surface area contributed by atoms with E-state index in [1.165, 1.54) is 11.1 Å². The first kappa shape index (κ1) is 21.9. The van der Waals surface area contributed by atoms with Gasteiger partial charge in [-0.3, -0.25) is 0 Å². The van der Waals surface area contributed by atoms with Crippen molar-refractivity contribution in [2.24, 2.45) is 4.99 Å². The molecular formula is C23H34N4O. The SMILES string of the molecule is CCNC(=NCc1cccc(CN(C)CC)c1)NCC(C)(O)c1ccccc1. The standard InChI is InChI=1S/C23H34N4O/c1-5-24-22(26-18-23(3,28)21-13-8-7-9-14-21)25-16-19-11-10-12-20(15-19)17-27(4)6-2/h7-15,28H,5-6,16-18H2,1-4H3,(H2,24,25,26). The number of nitrogens with one attached hydrogen (secondary N) is 2. The molecule has 1 unspecified atom stereocenters. The van der Waals surface area contributed by atoms with Crippen LogP contribution in [-0.2, 0) is 18.7 Å². The van der Waals surface area contributed by atoms with Gasteiger partial charge in [0.15, 0.2) is 5.96 Å². The third-order valence-electron chi connectivity index (χ3n) is 4.74. The normalized spacial score (nSPS) is 14.0. The van der Waals surface area contributed by atoms with Crippen molar-refractivity contribution in [3.05, 3.63) is 71.3 Å². The summed E-state index contributed by atoms with van der Waals surface area (Å²) in [6.07, 6.45) is 0. The molecule has 0 saturated heterocycles. The monoisotopic (exact) mass is 382 g/mol. The summed E-state index contributed by atoms with van der Waals surface area (Å²) >= 11 is 0. The zero-order valence-electron chi connectivity index (χ0n) is 17.6. The molecule has 0 fully saturated rings. The van der Waals surface area contributed by atoms with Crippen LogP contribution in [0.4, 0.5) is 0 Å². The van der Waals surface area contributed by atoms with E-state index in [1.54, 1.807) is 0 Å². The van der Waals surface area contributed by atoms with Crippen LogP contribution in [0.5, 0.6) is 0 Å². The van der Waals surface area contributed by atoms with Crippen LogP contribution in [0.25, 0.3) is 0 Å². The van der Waals surface area contributed by atoms with Gasteiger partial charge >= 0.3 is 0 Å². The van der Waals surface area contributed by atoms with Crippen LogP contribution in [-0.4, -0.2) is 42.6 Å². The molecule has 0 radical (unpaired) electrons. The van der Waals surface area contributed by atoms with Gasteiger partial charge in [0.25, 0.3) is 0 Å². The fourth-order valence-corrected chi connectivity index (χ4v) is 2.92. The molecule has 0 aromatic heterocycles. The molecule has 0 aliphatic rings. The van der Waals surface area contributed by atoms with E-state index in [9.17, 15) is 5.11 Å². The van der Waals surface area contributed by atoms with E-state index in [4.69, 9.17) is 4.99 Å². The molecule has 2 rings (SSSR count). The van der Waals surface area contributed by atoms with Gasteiger partial charge in [0.1, 0.15) is 5.60 Å². The number of guanidine groups is 1. The molecule has 0 heterocycles. The first-order chi connectivity index (χ1) is 13.4. The summed E-state index contributed by atoms with van der Waals surface area (Å²) in [7, 11) is 2.12. The lowest BCUT2D eigenvalue weighted by Crippen LogP contribution is -2.44. The number of hydrogen-bond acceptors (Lipinski definition) is 3. The van der Waals surface area contributed by atoms with Gasteiger partial charge in [-0.25, -0.2) is 4.99 Å². The highest BCUT2D eigenvalue weighted by molar-refractivity contribution is 5.79. The summed E-state index contributed by atoms with van der Waals surface area (Å²) in [4.78, 5) is 6.97. The number of aliphatic hydroxyl groups is 1. The van der Waals surface area contributed by atoms with E-state index in [1.807, 2.05) is 44.2 Å². The van der Waals surface area contributed by atoms with Crippen LogP contribution in [0.3, 0.4) is 0 Å². The minimum absolute atomic E-state index is 0.379. The van der Waals surface area contributed by atoms with E-state index in [-0.39, 0.29) is 0 Å². The highest BCUT2D eigenvalue weighted by Gasteiger charge is 2.22. The summed E-state index contributed by atoms with van der Waals surface area (Å²) in [5, 5.41) is 17.3. The molecule has 3 N–H and O–H groups in total. The summed E-state index contributed by atoms with van der Waals surface area (Å²) in [6, 6.07) is 18.2. The lowest BCUT2D eigenvalue weighted by atomic mass is 9.96.